The highest BCUT2D eigenvalue weighted by atomic mass is 16.3. The van der Waals surface area contributed by atoms with Crippen LogP contribution in [0.5, 0.6) is 0 Å². The summed E-state index contributed by atoms with van der Waals surface area (Å²) in [6.45, 7) is 0.146. The molecule has 4 rings (SSSR count). The van der Waals surface area contributed by atoms with Crippen molar-refractivity contribution in [1.82, 2.24) is 20.0 Å². The molecule has 7 heteroatoms. The Kier molecular flexibility index (Phi) is 3.31. The topological polar surface area (TPSA) is 101 Å². The number of nitrogens with zero attached hydrogens (tertiary/aromatic N) is 4. The Bertz CT molecular complexity index is 940. The number of aromatic amines is 1. The first-order chi connectivity index (χ1) is 11.7. The first-order valence-electron chi connectivity index (χ1n) is 7.40. The van der Waals surface area contributed by atoms with Crippen LogP contribution in [0.1, 0.15) is 11.4 Å². The average Bonchev–Trinajstić information content (AvgIpc) is 3.14. The molecular weight excluding hydrogens is 304 g/mol. The van der Waals surface area contributed by atoms with Gasteiger partial charge in [-0.15, -0.1) is 0 Å². The van der Waals surface area contributed by atoms with E-state index in [4.69, 9.17) is 5.41 Å². The number of rotatable bonds is 3. The minimum absolute atomic E-state index is 0.0749. The summed E-state index contributed by atoms with van der Waals surface area (Å²) in [6, 6.07) is 11.2. The number of pyridine rings is 1. The number of nitrogens with one attached hydrogen (secondary N) is 2. The fourth-order valence-corrected chi connectivity index (χ4v) is 2.57. The first-order valence-corrected chi connectivity index (χ1v) is 7.40. The van der Waals surface area contributed by atoms with Crippen LogP contribution in [0.25, 0.3) is 16.6 Å². The quantitative estimate of drug-likeness (QED) is 0.646. The number of imidazole rings is 1. The molecule has 1 aliphatic heterocycles. The molecule has 0 saturated heterocycles. The van der Waals surface area contributed by atoms with Crippen LogP contribution in [0.2, 0.25) is 0 Å². The van der Waals surface area contributed by atoms with Gasteiger partial charge in [0.25, 0.3) is 0 Å². The number of benzene rings is 1. The molecule has 2 aromatic heterocycles. The van der Waals surface area contributed by atoms with Gasteiger partial charge in [-0.05, 0) is 29.8 Å². The summed E-state index contributed by atoms with van der Waals surface area (Å²) in [5.74, 6) is 0.656. The van der Waals surface area contributed by atoms with E-state index in [1.165, 1.54) is 5.01 Å². The molecule has 0 fully saturated rings. The Morgan fingerprint density at radius 3 is 2.79 bits per heavy atom. The highest BCUT2D eigenvalue weighted by molar-refractivity contribution is 6.23. The zero-order valence-corrected chi connectivity index (χ0v) is 12.6. The van der Waals surface area contributed by atoms with Gasteiger partial charge in [-0.3, -0.25) is 10.4 Å². The monoisotopic (exact) mass is 318 g/mol. The highest BCUT2D eigenvalue weighted by Gasteiger charge is 2.30. The Morgan fingerprint density at radius 1 is 1.21 bits per heavy atom. The third-order valence-electron chi connectivity index (χ3n) is 3.76. The van der Waals surface area contributed by atoms with Gasteiger partial charge in [0.05, 0.1) is 17.2 Å². The number of amidine groups is 1. The van der Waals surface area contributed by atoms with Gasteiger partial charge in [-0.1, -0.05) is 12.1 Å². The van der Waals surface area contributed by atoms with E-state index in [2.05, 4.69) is 20.1 Å². The standard InChI is InChI=1S/C17H14N6O/c18-16-15(17-21-12-3-1-2-4-13(12)22-17)14(24)10-23(16)20-9-11-5-7-19-8-6-11/h1-9,18,24H,10H2,(H,21,22)/b18-16?,20-9+. The number of hydrogen-bond acceptors (Lipinski definition) is 5. The summed E-state index contributed by atoms with van der Waals surface area (Å²) in [6.07, 6.45) is 4.98. The van der Waals surface area contributed by atoms with E-state index in [-0.39, 0.29) is 18.1 Å². The number of hydrazone groups is 1. The number of aliphatic hydroxyl groups is 1. The summed E-state index contributed by atoms with van der Waals surface area (Å²) in [4.78, 5) is 11.5. The van der Waals surface area contributed by atoms with Crippen molar-refractivity contribution in [3.63, 3.8) is 0 Å². The molecule has 0 saturated carbocycles. The zero-order chi connectivity index (χ0) is 16.5. The molecule has 0 bridgehead atoms. The lowest BCUT2D eigenvalue weighted by molar-refractivity contribution is 0.358. The van der Waals surface area contributed by atoms with Gasteiger partial charge in [0.15, 0.2) is 5.84 Å². The predicted molar refractivity (Wildman–Crippen MR) is 91.9 cm³/mol. The van der Waals surface area contributed by atoms with Crippen LogP contribution < -0.4 is 0 Å². The molecule has 0 radical (unpaired) electrons. The molecule has 0 spiro atoms. The van der Waals surface area contributed by atoms with Crippen LogP contribution in [0.3, 0.4) is 0 Å². The predicted octanol–water partition coefficient (Wildman–Crippen LogP) is 2.55. The van der Waals surface area contributed by atoms with Crippen molar-refractivity contribution in [2.45, 2.75) is 0 Å². The van der Waals surface area contributed by atoms with Crippen LogP contribution in [0.15, 0.2) is 59.7 Å². The lowest BCUT2D eigenvalue weighted by atomic mass is 10.2. The smallest absolute Gasteiger partial charge is 0.156 e. The molecule has 24 heavy (non-hydrogen) atoms. The molecule has 1 aromatic carbocycles. The summed E-state index contributed by atoms with van der Waals surface area (Å²) in [5.41, 5.74) is 2.89. The highest BCUT2D eigenvalue weighted by Crippen LogP contribution is 2.27. The zero-order valence-electron chi connectivity index (χ0n) is 12.6. The maximum absolute atomic E-state index is 10.3. The Morgan fingerprint density at radius 2 is 2.00 bits per heavy atom. The molecule has 0 aliphatic carbocycles. The number of para-hydroxylation sites is 2. The summed E-state index contributed by atoms with van der Waals surface area (Å²) in [7, 11) is 0. The minimum atomic E-state index is 0.0749. The Balaban J connectivity index is 1.62. The van der Waals surface area contributed by atoms with Crippen LogP contribution in [0, 0.1) is 5.41 Å². The number of H-pyrrole nitrogens is 1. The lowest BCUT2D eigenvalue weighted by Crippen LogP contribution is -2.20. The molecule has 0 unspecified atom stereocenters. The number of hydrogen-bond donors (Lipinski definition) is 3. The SMILES string of the molecule is N=C1C(c2nc3ccccc3[nH]2)=C(O)CN1/N=C/c1ccncc1. The molecule has 3 aromatic rings. The molecule has 1 aliphatic rings. The molecular formula is C17H14N6O. The average molecular weight is 318 g/mol. The summed E-state index contributed by atoms with van der Waals surface area (Å²) in [5, 5.41) is 24.2. The van der Waals surface area contributed by atoms with Crippen molar-refractivity contribution in [2.75, 3.05) is 6.54 Å². The number of aliphatic hydroxyl groups excluding tert-OH is 1. The van der Waals surface area contributed by atoms with E-state index in [1.807, 2.05) is 36.4 Å². The van der Waals surface area contributed by atoms with Crippen LogP contribution in [-0.2, 0) is 0 Å². The van der Waals surface area contributed by atoms with Gasteiger partial charge in [0, 0.05) is 12.4 Å². The van der Waals surface area contributed by atoms with Crippen molar-refractivity contribution in [3.8, 4) is 0 Å². The van der Waals surface area contributed by atoms with Crippen molar-refractivity contribution in [1.29, 1.82) is 5.41 Å². The van der Waals surface area contributed by atoms with E-state index < -0.39 is 0 Å². The van der Waals surface area contributed by atoms with E-state index in [1.54, 1.807) is 18.6 Å². The minimum Gasteiger partial charge on any atom is -0.509 e. The molecule has 3 heterocycles. The van der Waals surface area contributed by atoms with Crippen LogP contribution in [0.4, 0.5) is 0 Å². The normalized spacial score (nSPS) is 15.2. The Labute approximate surface area is 137 Å². The van der Waals surface area contributed by atoms with Gasteiger partial charge >= 0.3 is 0 Å². The first kappa shape index (κ1) is 14.1. The fraction of sp³-hybridized carbons (Fsp3) is 0.0588. The molecule has 0 amide bonds. The van der Waals surface area contributed by atoms with Gasteiger partial charge in [-0.2, -0.15) is 5.10 Å². The summed E-state index contributed by atoms with van der Waals surface area (Å²) >= 11 is 0. The van der Waals surface area contributed by atoms with Crippen molar-refractivity contribution in [2.24, 2.45) is 5.10 Å². The van der Waals surface area contributed by atoms with E-state index in [0.717, 1.165) is 16.6 Å². The third kappa shape index (κ3) is 2.41. The van der Waals surface area contributed by atoms with E-state index >= 15 is 0 Å². The van der Waals surface area contributed by atoms with E-state index in [0.29, 0.717) is 11.4 Å². The van der Waals surface area contributed by atoms with Crippen LogP contribution >= 0.6 is 0 Å². The maximum atomic E-state index is 10.3. The van der Waals surface area contributed by atoms with Gasteiger partial charge in [0.2, 0.25) is 0 Å². The van der Waals surface area contributed by atoms with Crippen molar-refractivity contribution >= 4 is 28.7 Å². The fourth-order valence-electron chi connectivity index (χ4n) is 2.57. The van der Waals surface area contributed by atoms with Crippen molar-refractivity contribution < 1.29 is 5.11 Å². The Hall–Kier alpha value is -3.48. The third-order valence-corrected chi connectivity index (χ3v) is 3.76. The molecule has 118 valence electrons. The second-order valence-electron chi connectivity index (χ2n) is 5.36. The molecule has 3 N–H and O–H groups in total. The molecule has 7 nitrogen and oxygen atoms in total. The van der Waals surface area contributed by atoms with Gasteiger partial charge in [-0.25, -0.2) is 9.99 Å². The summed E-state index contributed by atoms with van der Waals surface area (Å²) < 4.78 is 0. The lowest BCUT2D eigenvalue weighted by Gasteiger charge is -2.10. The second kappa shape index (κ2) is 5.62. The maximum Gasteiger partial charge on any atom is 0.156 e. The largest absolute Gasteiger partial charge is 0.509 e. The number of aromatic nitrogens is 3. The molecule has 0 atom stereocenters. The van der Waals surface area contributed by atoms with E-state index in [9.17, 15) is 5.11 Å². The second-order valence-corrected chi connectivity index (χ2v) is 5.36. The van der Waals surface area contributed by atoms with Crippen LogP contribution in [-0.4, -0.2) is 43.7 Å². The van der Waals surface area contributed by atoms with Gasteiger partial charge < -0.3 is 10.1 Å². The van der Waals surface area contributed by atoms with Crippen molar-refractivity contribution in [3.05, 3.63) is 65.9 Å². The number of fused-ring (bicyclic) bond motifs is 1. The van der Waals surface area contributed by atoms with Gasteiger partial charge in [0.1, 0.15) is 23.7 Å².